The lowest BCUT2D eigenvalue weighted by Crippen LogP contribution is -2.49. The van der Waals surface area contributed by atoms with Gasteiger partial charge in [0, 0.05) is 10.3 Å². The van der Waals surface area contributed by atoms with Crippen molar-refractivity contribution in [3.8, 4) is 6.07 Å². The summed E-state index contributed by atoms with van der Waals surface area (Å²) >= 11 is 3.22. The van der Waals surface area contributed by atoms with Crippen molar-refractivity contribution in [3.63, 3.8) is 0 Å². The van der Waals surface area contributed by atoms with Gasteiger partial charge in [-0.25, -0.2) is 9.97 Å². The number of aryl methyl sites for hydroxylation is 2. The number of nitrogens with zero attached hydrogens (tertiary/aromatic N) is 3. The van der Waals surface area contributed by atoms with E-state index in [-0.39, 0.29) is 5.91 Å². The summed E-state index contributed by atoms with van der Waals surface area (Å²) in [5, 5.41) is 14.5. The van der Waals surface area contributed by atoms with Crippen LogP contribution in [0.2, 0.25) is 0 Å². The SMILES string of the molecule is N#CC1(NC(=O)CSc2ncnc3sc4c(c23)CCC4)CCCCC1. The first-order valence-electron chi connectivity index (χ1n) is 8.81. The Kier molecular flexibility index (Phi) is 4.65. The summed E-state index contributed by atoms with van der Waals surface area (Å²) in [5.41, 5.74) is 0.713. The number of rotatable bonds is 4. The summed E-state index contributed by atoms with van der Waals surface area (Å²) in [4.78, 5) is 23.7. The second kappa shape index (κ2) is 6.93. The number of hydrogen-bond donors (Lipinski definition) is 1. The highest BCUT2D eigenvalue weighted by atomic mass is 32.2. The van der Waals surface area contributed by atoms with Gasteiger partial charge in [-0.2, -0.15) is 5.26 Å². The molecule has 0 aliphatic heterocycles. The molecule has 130 valence electrons. The summed E-state index contributed by atoms with van der Waals surface area (Å²) in [7, 11) is 0. The summed E-state index contributed by atoms with van der Waals surface area (Å²) < 4.78 is 0. The number of carbonyl (C=O) groups is 1. The molecule has 2 aliphatic carbocycles. The number of aromatic nitrogens is 2. The van der Waals surface area contributed by atoms with E-state index in [1.54, 1.807) is 17.7 Å². The topological polar surface area (TPSA) is 78.7 Å². The first kappa shape index (κ1) is 16.8. The third-order valence-electron chi connectivity index (χ3n) is 5.11. The predicted molar refractivity (Wildman–Crippen MR) is 99.7 cm³/mol. The maximum absolute atomic E-state index is 12.4. The highest BCUT2D eigenvalue weighted by molar-refractivity contribution is 8.00. The van der Waals surface area contributed by atoms with E-state index in [1.807, 2.05) is 0 Å². The van der Waals surface area contributed by atoms with Crippen LogP contribution in [0.15, 0.2) is 11.4 Å². The first-order chi connectivity index (χ1) is 12.2. The normalized spacial score (nSPS) is 18.7. The molecule has 5 nitrogen and oxygen atoms in total. The lowest BCUT2D eigenvalue weighted by Gasteiger charge is -2.31. The summed E-state index contributed by atoms with van der Waals surface area (Å²) in [6, 6.07) is 2.34. The van der Waals surface area contributed by atoms with Gasteiger partial charge in [-0.1, -0.05) is 31.0 Å². The lowest BCUT2D eigenvalue weighted by atomic mass is 9.83. The highest BCUT2D eigenvalue weighted by Gasteiger charge is 2.33. The van der Waals surface area contributed by atoms with Gasteiger partial charge in [-0.05, 0) is 37.7 Å². The van der Waals surface area contributed by atoms with E-state index in [2.05, 4.69) is 21.4 Å². The van der Waals surface area contributed by atoms with Gasteiger partial charge in [-0.15, -0.1) is 11.3 Å². The van der Waals surface area contributed by atoms with Gasteiger partial charge in [-0.3, -0.25) is 4.79 Å². The molecule has 0 spiro atoms. The van der Waals surface area contributed by atoms with Gasteiger partial charge in [0.1, 0.15) is 21.7 Å². The molecule has 2 heterocycles. The Hall–Kier alpha value is -1.65. The van der Waals surface area contributed by atoms with Crippen LogP contribution in [0.5, 0.6) is 0 Å². The quantitative estimate of drug-likeness (QED) is 0.655. The summed E-state index contributed by atoms with van der Waals surface area (Å²) in [5.74, 6) is 0.215. The average molecular weight is 373 g/mol. The summed E-state index contributed by atoms with van der Waals surface area (Å²) in [6.07, 6.45) is 9.68. The summed E-state index contributed by atoms with van der Waals surface area (Å²) in [6.45, 7) is 0. The molecule has 25 heavy (non-hydrogen) atoms. The number of amides is 1. The van der Waals surface area contributed by atoms with Gasteiger partial charge in [0.2, 0.25) is 5.91 Å². The number of thioether (sulfide) groups is 1. The molecular formula is C18H20N4OS2. The molecular weight excluding hydrogens is 352 g/mol. The third kappa shape index (κ3) is 3.25. The zero-order valence-electron chi connectivity index (χ0n) is 14.0. The zero-order chi connectivity index (χ0) is 17.3. The van der Waals surface area contributed by atoms with Crippen LogP contribution in [0, 0.1) is 11.3 Å². The molecule has 0 atom stereocenters. The Bertz CT molecular complexity index is 849. The van der Waals surface area contributed by atoms with Gasteiger partial charge >= 0.3 is 0 Å². The molecule has 1 N–H and O–H groups in total. The van der Waals surface area contributed by atoms with Crippen LogP contribution in [0.3, 0.4) is 0 Å². The Morgan fingerprint density at radius 1 is 1.28 bits per heavy atom. The predicted octanol–water partition coefficient (Wildman–Crippen LogP) is 3.61. The second-order valence-electron chi connectivity index (χ2n) is 6.81. The second-order valence-corrected chi connectivity index (χ2v) is 8.86. The number of thiophene rings is 1. The molecule has 4 rings (SSSR count). The van der Waals surface area contributed by atoms with Crippen molar-refractivity contribution in [1.29, 1.82) is 5.26 Å². The molecule has 0 unspecified atom stereocenters. The number of fused-ring (bicyclic) bond motifs is 3. The average Bonchev–Trinajstić information content (AvgIpc) is 3.21. The Morgan fingerprint density at radius 2 is 2.12 bits per heavy atom. The Morgan fingerprint density at radius 3 is 2.92 bits per heavy atom. The molecule has 2 aromatic heterocycles. The Labute approximate surface area is 155 Å². The van der Waals surface area contributed by atoms with Crippen LogP contribution in [-0.2, 0) is 17.6 Å². The maximum atomic E-state index is 12.4. The van der Waals surface area contributed by atoms with E-state index in [0.29, 0.717) is 5.75 Å². The van der Waals surface area contributed by atoms with Gasteiger partial charge in [0.05, 0.1) is 11.8 Å². The van der Waals surface area contributed by atoms with Crippen LogP contribution >= 0.6 is 23.1 Å². The van der Waals surface area contributed by atoms with E-state index in [1.165, 1.54) is 28.6 Å². The maximum Gasteiger partial charge on any atom is 0.231 e. The molecule has 2 aliphatic rings. The zero-order valence-corrected chi connectivity index (χ0v) is 15.6. The van der Waals surface area contributed by atoms with Gasteiger partial charge in [0.15, 0.2) is 0 Å². The Balaban J connectivity index is 1.47. The fraction of sp³-hybridized carbons (Fsp3) is 0.556. The molecule has 0 radical (unpaired) electrons. The lowest BCUT2D eigenvalue weighted by molar-refractivity contribution is -0.120. The molecule has 2 aromatic rings. The molecule has 1 amide bonds. The van der Waals surface area contributed by atoms with E-state index < -0.39 is 5.54 Å². The fourth-order valence-electron chi connectivity index (χ4n) is 3.87. The number of nitriles is 1. The first-order valence-corrected chi connectivity index (χ1v) is 10.6. The van der Waals surface area contributed by atoms with Crippen LogP contribution < -0.4 is 5.32 Å². The van der Waals surface area contributed by atoms with E-state index in [4.69, 9.17) is 0 Å². The molecule has 0 saturated heterocycles. The van der Waals surface area contributed by atoms with E-state index in [0.717, 1.165) is 60.2 Å². The van der Waals surface area contributed by atoms with Crippen LogP contribution in [0.4, 0.5) is 0 Å². The van der Waals surface area contributed by atoms with Crippen molar-refractivity contribution in [2.45, 2.75) is 61.9 Å². The van der Waals surface area contributed by atoms with E-state index in [9.17, 15) is 10.1 Å². The number of hydrogen-bond acceptors (Lipinski definition) is 6. The molecule has 7 heteroatoms. The van der Waals surface area contributed by atoms with E-state index >= 15 is 0 Å². The highest BCUT2D eigenvalue weighted by Crippen LogP contribution is 2.40. The van der Waals surface area contributed by atoms with Crippen molar-refractivity contribution in [2.75, 3.05) is 5.75 Å². The molecule has 1 fully saturated rings. The minimum atomic E-state index is -0.666. The largest absolute Gasteiger partial charge is 0.337 e. The van der Waals surface area contributed by atoms with Crippen molar-refractivity contribution in [1.82, 2.24) is 15.3 Å². The third-order valence-corrected chi connectivity index (χ3v) is 7.30. The smallest absolute Gasteiger partial charge is 0.231 e. The minimum absolute atomic E-state index is 0.0768. The van der Waals surface area contributed by atoms with Crippen molar-refractivity contribution >= 4 is 39.2 Å². The van der Waals surface area contributed by atoms with Crippen molar-refractivity contribution in [2.24, 2.45) is 0 Å². The van der Waals surface area contributed by atoms with Gasteiger partial charge in [0.25, 0.3) is 0 Å². The molecule has 1 saturated carbocycles. The number of nitrogens with one attached hydrogen (secondary N) is 1. The standard InChI is InChI=1S/C18H20N4OS2/c19-10-18(7-2-1-3-8-18)22-14(23)9-24-16-15-12-5-4-6-13(12)25-17(15)21-11-20-16/h11H,1-9H2,(H,22,23). The van der Waals surface area contributed by atoms with Crippen LogP contribution in [0.25, 0.3) is 10.2 Å². The van der Waals surface area contributed by atoms with Crippen molar-refractivity contribution < 1.29 is 4.79 Å². The minimum Gasteiger partial charge on any atom is -0.337 e. The number of carbonyl (C=O) groups excluding carboxylic acids is 1. The fourth-order valence-corrected chi connectivity index (χ4v) is 5.99. The molecule has 0 aromatic carbocycles. The molecule has 0 bridgehead atoms. The van der Waals surface area contributed by atoms with Gasteiger partial charge < -0.3 is 5.32 Å². The van der Waals surface area contributed by atoms with Crippen LogP contribution in [0.1, 0.15) is 49.0 Å². The van der Waals surface area contributed by atoms with Crippen LogP contribution in [-0.4, -0.2) is 27.2 Å². The monoisotopic (exact) mass is 372 g/mol. The van der Waals surface area contributed by atoms with Crippen molar-refractivity contribution in [3.05, 3.63) is 16.8 Å².